The summed E-state index contributed by atoms with van der Waals surface area (Å²) < 4.78 is 42.9. The van der Waals surface area contributed by atoms with E-state index in [0.717, 1.165) is 12.1 Å². The van der Waals surface area contributed by atoms with Crippen molar-refractivity contribution in [2.24, 2.45) is 5.92 Å². The molecule has 2 aliphatic heterocycles. The zero-order valence-corrected chi connectivity index (χ0v) is 18.5. The van der Waals surface area contributed by atoms with Gasteiger partial charge in [-0.3, -0.25) is 9.59 Å². The van der Waals surface area contributed by atoms with E-state index in [4.69, 9.17) is 5.26 Å². The lowest BCUT2D eigenvalue weighted by atomic mass is 9.82. The number of halogens is 3. The molecule has 0 spiro atoms. The number of amides is 1. The number of rotatable bonds is 3. The van der Waals surface area contributed by atoms with Gasteiger partial charge in [-0.1, -0.05) is 12.1 Å². The average Bonchev–Trinajstić information content (AvgIpc) is 2.84. The minimum atomic E-state index is -4.78. The quantitative estimate of drug-likeness (QED) is 0.553. The number of piperidine rings is 1. The number of alkyl halides is 3. The number of carbonyl (C=O) groups excluding carboxylic acids is 1. The first-order valence-electron chi connectivity index (χ1n) is 11.1. The summed E-state index contributed by atoms with van der Waals surface area (Å²) in [6.45, 7) is 1.47. The van der Waals surface area contributed by atoms with Gasteiger partial charge in [-0.15, -0.1) is 13.2 Å². The molecule has 35 heavy (non-hydrogen) atoms. The first-order valence-corrected chi connectivity index (χ1v) is 11.1. The van der Waals surface area contributed by atoms with Crippen LogP contribution in [0.3, 0.4) is 0 Å². The van der Waals surface area contributed by atoms with Gasteiger partial charge < -0.3 is 14.2 Å². The summed E-state index contributed by atoms with van der Waals surface area (Å²) in [5.74, 6) is -0.327. The Balaban J connectivity index is 1.38. The number of hydrogen-bond donors (Lipinski definition) is 0. The highest BCUT2D eigenvalue weighted by Crippen LogP contribution is 2.36. The standard InChI is InChI=1S/C26H20F3N3O3/c27-26(28,29)35-21-7-5-18(6-8-21)22-9-10-23-20-11-17(14-32(23)25(22)34)13-31(15-20)24(33)19-3-1-16(12-30)2-4-19/h1-10,17,20H,11,13-15H2. The number of likely N-dealkylation sites (tertiary alicyclic amines) is 1. The molecule has 178 valence electrons. The van der Waals surface area contributed by atoms with Gasteiger partial charge in [0.15, 0.2) is 0 Å². The van der Waals surface area contributed by atoms with E-state index in [1.165, 1.54) is 24.3 Å². The molecular formula is C26H20F3N3O3. The Hall–Kier alpha value is -4.06. The smallest absolute Gasteiger partial charge is 0.406 e. The average molecular weight is 479 g/mol. The number of ether oxygens (including phenoxy) is 1. The molecule has 2 aromatic carbocycles. The van der Waals surface area contributed by atoms with E-state index in [1.807, 2.05) is 17.0 Å². The van der Waals surface area contributed by atoms with Crippen LogP contribution in [-0.4, -0.2) is 34.8 Å². The molecule has 0 saturated carbocycles. The normalized spacial score (nSPS) is 19.0. The Morgan fingerprint density at radius 3 is 2.34 bits per heavy atom. The second-order valence-corrected chi connectivity index (χ2v) is 8.86. The molecule has 2 bridgehead atoms. The molecule has 1 amide bonds. The highest BCUT2D eigenvalue weighted by atomic mass is 19.4. The van der Waals surface area contributed by atoms with E-state index in [2.05, 4.69) is 4.74 Å². The molecule has 3 aromatic rings. The van der Waals surface area contributed by atoms with Gasteiger partial charge in [-0.05, 0) is 66.4 Å². The van der Waals surface area contributed by atoms with E-state index in [9.17, 15) is 22.8 Å². The summed E-state index contributed by atoms with van der Waals surface area (Å²) >= 11 is 0. The van der Waals surface area contributed by atoms with E-state index in [-0.39, 0.29) is 29.1 Å². The fourth-order valence-corrected chi connectivity index (χ4v) is 5.04. The van der Waals surface area contributed by atoms with Crippen LogP contribution in [0.25, 0.3) is 11.1 Å². The van der Waals surface area contributed by atoms with Crippen molar-refractivity contribution in [3.63, 3.8) is 0 Å². The maximum atomic E-state index is 13.3. The number of pyridine rings is 1. The lowest BCUT2D eigenvalue weighted by Crippen LogP contribution is -2.49. The fourth-order valence-electron chi connectivity index (χ4n) is 5.04. The number of fused-ring (bicyclic) bond motifs is 4. The van der Waals surface area contributed by atoms with Gasteiger partial charge in [0.2, 0.25) is 0 Å². The van der Waals surface area contributed by atoms with Crippen molar-refractivity contribution in [2.45, 2.75) is 25.2 Å². The lowest BCUT2D eigenvalue weighted by Gasteiger charge is -2.43. The Morgan fingerprint density at radius 2 is 1.69 bits per heavy atom. The van der Waals surface area contributed by atoms with Crippen LogP contribution < -0.4 is 10.3 Å². The molecule has 2 unspecified atom stereocenters. The van der Waals surface area contributed by atoms with Crippen molar-refractivity contribution < 1.29 is 22.7 Å². The van der Waals surface area contributed by atoms with Crippen molar-refractivity contribution in [3.05, 3.63) is 87.8 Å². The molecule has 2 aliphatic rings. The first kappa shape index (κ1) is 22.7. The molecule has 1 saturated heterocycles. The number of carbonyl (C=O) groups is 1. The maximum absolute atomic E-state index is 13.3. The molecule has 9 heteroatoms. The van der Waals surface area contributed by atoms with Gasteiger partial charge in [-0.25, -0.2) is 0 Å². The number of aromatic nitrogens is 1. The summed E-state index contributed by atoms with van der Waals surface area (Å²) in [4.78, 5) is 28.2. The van der Waals surface area contributed by atoms with E-state index < -0.39 is 6.36 Å². The summed E-state index contributed by atoms with van der Waals surface area (Å²) in [5, 5.41) is 8.97. The highest BCUT2D eigenvalue weighted by Gasteiger charge is 2.37. The third-order valence-electron chi connectivity index (χ3n) is 6.55. The van der Waals surface area contributed by atoms with Gasteiger partial charge in [0, 0.05) is 42.4 Å². The second kappa shape index (κ2) is 8.62. The molecule has 2 atom stereocenters. The van der Waals surface area contributed by atoms with Crippen molar-refractivity contribution in [1.82, 2.24) is 9.47 Å². The monoisotopic (exact) mass is 479 g/mol. The SMILES string of the molecule is N#Cc1ccc(C(=O)N2CC3CC(C2)c2ccc(-c4ccc(OC(F)(F)F)cc4)c(=O)n2C3)cc1. The van der Waals surface area contributed by atoms with Crippen LogP contribution in [-0.2, 0) is 6.54 Å². The summed E-state index contributed by atoms with van der Waals surface area (Å²) in [6, 6.07) is 17.4. The fraction of sp³-hybridized carbons (Fsp3) is 0.269. The molecule has 0 radical (unpaired) electrons. The van der Waals surface area contributed by atoms with Crippen LogP contribution in [0.1, 0.15) is 34.0 Å². The first-order chi connectivity index (χ1) is 16.7. The molecule has 0 N–H and O–H groups in total. The number of nitriles is 1. The van der Waals surface area contributed by atoms with Crippen LogP contribution in [0.15, 0.2) is 65.5 Å². The van der Waals surface area contributed by atoms with Crippen LogP contribution >= 0.6 is 0 Å². The number of nitrogens with zero attached hydrogens (tertiary/aromatic N) is 3. The summed E-state index contributed by atoms with van der Waals surface area (Å²) in [5.41, 5.74) is 2.57. The summed E-state index contributed by atoms with van der Waals surface area (Å²) in [7, 11) is 0. The highest BCUT2D eigenvalue weighted by molar-refractivity contribution is 5.94. The summed E-state index contributed by atoms with van der Waals surface area (Å²) in [6.07, 6.45) is -3.90. The predicted molar refractivity (Wildman–Crippen MR) is 121 cm³/mol. The third kappa shape index (κ3) is 4.52. The molecule has 5 rings (SSSR count). The minimum absolute atomic E-state index is 0.00847. The predicted octanol–water partition coefficient (Wildman–Crippen LogP) is 4.55. The van der Waals surface area contributed by atoms with E-state index in [1.54, 1.807) is 34.9 Å². The zero-order chi connectivity index (χ0) is 24.7. The Morgan fingerprint density at radius 1 is 0.971 bits per heavy atom. The Bertz CT molecular complexity index is 1370. The van der Waals surface area contributed by atoms with Crippen molar-refractivity contribution >= 4 is 5.91 Å². The van der Waals surface area contributed by atoms with Crippen LogP contribution in [0.5, 0.6) is 5.75 Å². The molecular weight excluding hydrogens is 459 g/mol. The lowest BCUT2D eigenvalue weighted by molar-refractivity contribution is -0.274. The zero-order valence-electron chi connectivity index (χ0n) is 18.5. The minimum Gasteiger partial charge on any atom is -0.406 e. The van der Waals surface area contributed by atoms with Crippen LogP contribution in [0.2, 0.25) is 0 Å². The second-order valence-electron chi connectivity index (χ2n) is 8.86. The Kier molecular flexibility index (Phi) is 5.59. The maximum Gasteiger partial charge on any atom is 0.573 e. The van der Waals surface area contributed by atoms with Gasteiger partial charge in [0.25, 0.3) is 11.5 Å². The topological polar surface area (TPSA) is 75.3 Å². The van der Waals surface area contributed by atoms with E-state index in [0.29, 0.717) is 41.9 Å². The molecule has 6 nitrogen and oxygen atoms in total. The van der Waals surface area contributed by atoms with Crippen LogP contribution in [0.4, 0.5) is 13.2 Å². The largest absolute Gasteiger partial charge is 0.573 e. The third-order valence-corrected chi connectivity index (χ3v) is 6.55. The molecule has 0 aliphatic carbocycles. The van der Waals surface area contributed by atoms with Gasteiger partial charge >= 0.3 is 6.36 Å². The van der Waals surface area contributed by atoms with Gasteiger partial charge in [0.1, 0.15) is 5.75 Å². The van der Waals surface area contributed by atoms with Gasteiger partial charge in [-0.2, -0.15) is 5.26 Å². The van der Waals surface area contributed by atoms with Gasteiger partial charge in [0.05, 0.1) is 11.6 Å². The number of benzene rings is 2. The molecule has 3 heterocycles. The number of hydrogen-bond acceptors (Lipinski definition) is 4. The molecule has 1 aromatic heterocycles. The van der Waals surface area contributed by atoms with E-state index >= 15 is 0 Å². The van der Waals surface area contributed by atoms with Crippen molar-refractivity contribution in [2.75, 3.05) is 13.1 Å². The van der Waals surface area contributed by atoms with Crippen LogP contribution in [0, 0.1) is 17.2 Å². The molecule has 1 fully saturated rings. The Labute approximate surface area is 198 Å². The van der Waals surface area contributed by atoms with Crippen molar-refractivity contribution in [1.29, 1.82) is 5.26 Å². The van der Waals surface area contributed by atoms with Crippen molar-refractivity contribution in [3.8, 4) is 22.9 Å².